The van der Waals surface area contributed by atoms with Gasteiger partial charge in [0.2, 0.25) is 8.32 Å². The van der Waals surface area contributed by atoms with E-state index in [1.165, 1.54) is 5.56 Å². The monoisotopic (exact) mass is 306 g/mol. The molecule has 0 amide bonds. The van der Waals surface area contributed by atoms with E-state index in [1.807, 2.05) is 0 Å². The third-order valence-corrected chi connectivity index (χ3v) is 8.67. The second kappa shape index (κ2) is 7.28. The first-order valence-corrected chi connectivity index (χ1v) is 10.6. The summed E-state index contributed by atoms with van der Waals surface area (Å²) in [5, 5.41) is 9.93. The first kappa shape index (κ1) is 18.0. The van der Waals surface area contributed by atoms with Crippen LogP contribution < -0.4 is 4.43 Å². The van der Waals surface area contributed by atoms with Crippen molar-refractivity contribution in [3.05, 3.63) is 42.5 Å². The molecule has 0 spiro atoms. The number of aliphatic hydroxyl groups excluding tert-OH is 1. The van der Waals surface area contributed by atoms with E-state index in [-0.39, 0.29) is 11.1 Å². The highest BCUT2D eigenvalue weighted by Crippen LogP contribution is 2.37. The predicted octanol–water partition coefficient (Wildman–Crippen LogP) is 4.94. The molecule has 1 N–H and O–H groups in total. The van der Waals surface area contributed by atoms with Crippen LogP contribution >= 0.6 is 0 Å². The summed E-state index contributed by atoms with van der Waals surface area (Å²) in [6.45, 7) is 14.9. The average Bonchev–Trinajstić information content (AvgIpc) is 2.36. The highest BCUT2D eigenvalue weighted by molar-refractivity contribution is 6.74. The van der Waals surface area contributed by atoms with E-state index < -0.39 is 8.32 Å². The van der Waals surface area contributed by atoms with Gasteiger partial charge in [-0.15, -0.1) is 6.58 Å². The lowest BCUT2D eigenvalue weighted by atomic mass is 10.1. The largest absolute Gasteiger partial charge is 0.544 e. The molecular weight excluding hydrogens is 276 g/mol. The SMILES string of the molecule is C=CC[C@@H](O)CCc1ccc(O[Si](C)(C)C(C)(C)C)cc1. The van der Waals surface area contributed by atoms with Gasteiger partial charge in [0.15, 0.2) is 0 Å². The van der Waals surface area contributed by atoms with Crippen LogP contribution in [-0.4, -0.2) is 19.5 Å². The Morgan fingerprint density at radius 1 is 1.24 bits per heavy atom. The highest BCUT2D eigenvalue weighted by Gasteiger charge is 2.38. The minimum atomic E-state index is -1.76. The van der Waals surface area contributed by atoms with Gasteiger partial charge in [0.05, 0.1) is 6.10 Å². The Balaban J connectivity index is 2.60. The van der Waals surface area contributed by atoms with Gasteiger partial charge in [0.1, 0.15) is 5.75 Å². The van der Waals surface area contributed by atoms with E-state index in [0.29, 0.717) is 6.42 Å². The molecule has 0 aliphatic carbocycles. The molecule has 0 heterocycles. The molecule has 1 aromatic carbocycles. The van der Waals surface area contributed by atoms with E-state index in [4.69, 9.17) is 4.43 Å². The summed E-state index contributed by atoms with van der Waals surface area (Å²) in [5.74, 6) is 0.956. The van der Waals surface area contributed by atoms with Crippen molar-refractivity contribution in [3.63, 3.8) is 0 Å². The molecule has 0 radical (unpaired) electrons. The van der Waals surface area contributed by atoms with Crippen molar-refractivity contribution >= 4 is 8.32 Å². The van der Waals surface area contributed by atoms with Gasteiger partial charge >= 0.3 is 0 Å². The van der Waals surface area contributed by atoms with Gasteiger partial charge in [-0.3, -0.25) is 0 Å². The molecule has 2 nitrogen and oxygen atoms in total. The Morgan fingerprint density at radius 2 is 1.81 bits per heavy atom. The van der Waals surface area contributed by atoms with Gasteiger partial charge in [-0.1, -0.05) is 39.0 Å². The van der Waals surface area contributed by atoms with Crippen LogP contribution in [-0.2, 0) is 6.42 Å². The zero-order chi connectivity index (χ0) is 16.1. The molecule has 1 atom stereocenters. The number of benzene rings is 1. The van der Waals surface area contributed by atoms with Crippen molar-refractivity contribution in [2.45, 2.75) is 64.3 Å². The molecule has 1 rings (SSSR count). The summed E-state index contributed by atoms with van der Waals surface area (Å²) < 4.78 is 6.26. The molecule has 0 saturated heterocycles. The van der Waals surface area contributed by atoms with E-state index in [1.54, 1.807) is 6.08 Å². The van der Waals surface area contributed by atoms with Gasteiger partial charge in [-0.05, 0) is 55.1 Å². The summed E-state index contributed by atoms with van der Waals surface area (Å²) in [7, 11) is -1.76. The van der Waals surface area contributed by atoms with Crippen LogP contribution in [0.25, 0.3) is 0 Å². The molecule has 0 aromatic heterocycles. The van der Waals surface area contributed by atoms with Crippen molar-refractivity contribution in [2.24, 2.45) is 0 Å². The highest BCUT2D eigenvalue weighted by atomic mass is 28.4. The topological polar surface area (TPSA) is 29.5 Å². The fraction of sp³-hybridized carbons (Fsp3) is 0.556. The second-order valence-corrected chi connectivity index (χ2v) is 11.9. The maximum atomic E-state index is 9.72. The van der Waals surface area contributed by atoms with E-state index >= 15 is 0 Å². The van der Waals surface area contributed by atoms with Gasteiger partial charge in [-0.2, -0.15) is 0 Å². The van der Waals surface area contributed by atoms with Crippen LogP contribution in [0.4, 0.5) is 0 Å². The maximum Gasteiger partial charge on any atom is 0.250 e. The molecule has 0 saturated carbocycles. The zero-order valence-electron chi connectivity index (χ0n) is 14.1. The summed E-state index contributed by atoms with van der Waals surface area (Å²) in [5.41, 5.74) is 1.24. The third-order valence-electron chi connectivity index (χ3n) is 4.31. The van der Waals surface area contributed by atoms with Crippen molar-refractivity contribution < 1.29 is 9.53 Å². The predicted molar refractivity (Wildman–Crippen MR) is 93.4 cm³/mol. The number of aliphatic hydroxyl groups is 1. The summed E-state index contributed by atoms with van der Waals surface area (Å²) in [4.78, 5) is 0. The van der Waals surface area contributed by atoms with Gasteiger partial charge in [0.25, 0.3) is 0 Å². The quantitative estimate of drug-likeness (QED) is 0.571. The van der Waals surface area contributed by atoms with E-state index in [2.05, 4.69) is 64.7 Å². The number of hydrogen-bond acceptors (Lipinski definition) is 2. The van der Waals surface area contributed by atoms with Crippen LogP contribution in [0.3, 0.4) is 0 Å². The fourth-order valence-electron chi connectivity index (χ4n) is 1.82. The molecule has 0 bridgehead atoms. The first-order chi connectivity index (χ1) is 9.65. The van der Waals surface area contributed by atoms with Crippen molar-refractivity contribution in [3.8, 4) is 5.75 Å². The summed E-state index contributed by atoms with van der Waals surface area (Å²) >= 11 is 0. The van der Waals surface area contributed by atoms with E-state index in [0.717, 1.165) is 18.6 Å². The molecular formula is C18H30O2Si. The molecule has 118 valence electrons. The Morgan fingerprint density at radius 3 is 2.29 bits per heavy atom. The van der Waals surface area contributed by atoms with Crippen LogP contribution in [0.1, 0.15) is 39.2 Å². The lowest BCUT2D eigenvalue weighted by Crippen LogP contribution is -2.43. The number of rotatable bonds is 7. The van der Waals surface area contributed by atoms with Gasteiger partial charge in [0, 0.05) is 0 Å². The molecule has 0 unspecified atom stereocenters. The van der Waals surface area contributed by atoms with Crippen molar-refractivity contribution in [1.82, 2.24) is 0 Å². The lowest BCUT2D eigenvalue weighted by Gasteiger charge is -2.36. The fourth-order valence-corrected chi connectivity index (χ4v) is 2.85. The Bertz CT molecular complexity index is 443. The molecule has 1 aromatic rings. The van der Waals surface area contributed by atoms with Gasteiger partial charge in [-0.25, -0.2) is 0 Å². The third kappa shape index (κ3) is 5.68. The smallest absolute Gasteiger partial charge is 0.250 e. The molecule has 3 heteroatoms. The van der Waals surface area contributed by atoms with Gasteiger partial charge < -0.3 is 9.53 Å². The second-order valence-electron chi connectivity index (χ2n) is 7.22. The zero-order valence-corrected chi connectivity index (χ0v) is 15.1. The van der Waals surface area contributed by atoms with Crippen molar-refractivity contribution in [1.29, 1.82) is 0 Å². The molecule has 0 aliphatic heterocycles. The van der Waals surface area contributed by atoms with E-state index in [9.17, 15) is 5.11 Å². The molecule has 21 heavy (non-hydrogen) atoms. The Kier molecular flexibility index (Phi) is 6.23. The minimum Gasteiger partial charge on any atom is -0.544 e. The number of aryl methyl sites for hydroxylation is 1. The molecule has 0 fully saturated rings. The standard InChI is InChI=1S/C18H30O2Si/c1-7-8-16(19)12-9-15-10-13-17(14-11-15)20-21(5,6)18(2,3)4/h7,10-11,13-14,16,19H,1,8-9,12H2,2-6H3/t16-/m1/s1. The van der Waals surface area contributed by atoms with Crippen LogP contribution in [0.15, 0.2) is 36.9 Å². The minimum absolute atomic E-state index is 0.209. The summed E-state index contributed by atoms with van der Waals surface area (Å²) in [6.07, 6.45) is 3.79. The Labute approximate surface area is 131 Å². The first-order valence-electron chi connectivity index (χ1n) is 7.72. The van der Waals surface area contributed by atoms with Crippen molar-refractivity contribution in [2.75, 3.05) is 0 Å². The summed E-state index contributed by atoms with van der Waals surface area (Å²) in [6, 6.07) is 8.30. The average molecular weight is 307 g/mol. The van der Waals surface area contributed by atoms with Crippen LogP contribution in [0.2, 0.25) is 18.1 Å². The Hall–Kier alpha value is -1.06. The van der Waals surface area contributed by atoms with Crippen LogP contribution in [0.5, 0.6) is 5.75 Å². The molecule has 0 aliphatic rings. The maximum absolute atomic E-state index is 9.72. The van der Waals surface area contributed by atoms with Crippen LogP contribution in [0, 0.1) is 0 Å². The lowest BCUT2D eigenvalue weighted by molar-refractivity contribution is 0.168. The number of hydrogen-bond donors (Lipinski definition) is 1. The normalized spacial score (nSPS) is 13.8.